The Labute approximate surface area is 86.4 Å². The standard InChI is InChI=1S/C11H22O3/c1-2-3-4-5-6-13-8-11(7-12)9-14-10-11/h12H,2-10H2,1H3. The Morgan fingerprint density at radius 1 is 1.29 bits per heavy atom. The highest BCUT2D eigenvalue weighted by Crippen LogP contribution is 2.26. The second kappa shape index (κ2) is 6.38. The third kappa shape index (κ3) is 3.56. The van der Waals surface area contributed by atoms with Gasteiger partial charge in [-0.05, 0) is 6.42 Å². The minimum Gasteiger partial charge on any atom is -0.396 e. The van der Waals surface area contributed by atoms with Crippen LogP contribution in [0.3, 0.4) is 0 Å². The number of rotatable bonds is 8. The molecule has 84 valence electrons. The van der Waals surface area contributed by atoms with Crippen molar-refractivity contribution in [2.75, 3.05) is 33.0 Å². The maximum Gasteiger partial charge on any atom is 0.0635 e. The van der Waals surface area contributed by atoms with Gasteiger partial charge in [-0.3, -0.25) is 0 Å². The summed E-state index contributed by atoms with van der Waals surface area (Å²) in [7, 11) is 0. The van der Waals surface area contributed by atoms with Gasteiger partial charge < -0.3 is 14.6 Å². The minimum atomic E-state index is -0.0786. The Balaban J connectivity index is 1.92. The smallest absolute Gasteiger partial charge is 0.0635 e. The molecule has 1 heterocycles. The fourth-order valence-corrected chi connectivity index (χ4v) is 1.53. The van der Waals surface area contributed by atoms with E-state index in [1.165, 1.54) is 19.3 Å². The number of hydrogen-bond donors (Lipinski definition) is 1. The highest BCUT2D eigenvalue weighted by Gasteiger charge is 2.38. The van der Waals surface area contributed by atoms with Crippen LogP contribution in [0.2, 0.25) is 0 Å². The second-order valence-corrected chi connectivity index (χ2v) is 4.26. The molecule has 0 aromatic heterocycles. The summed E-state index contributed by atoms with van der Waals surface area (Å²) in [4.78, 5) is 0. The first kappa shape index (κ1) is 12.0. The van der Waals surface area contributed by atoms with Crippen molar-refractivity contribution in [3.63, 3.8) is 0 Å². The van der Waals surface area contributed by atoms with Gasteiger partial charge in [-0.15, -0.1) is 0 Å². The van der Waals surface area contributed by atoms with Gasteiger partial charge in [0.25, 0.3) is 0 Å². The zero-order valence-corrected chi connectivity index (χ0v) is 9.13. The summed E-state index contributed by atoms with van der Waals surface area (Å²) < 4.78 is 10.6. The molecule has 1 N–H and O–H groups in total. The van der Waals surface area contributed by atoms with Gasteiger partial charge >= 0.3 is 0 Å². The molecular weight excluding hydrogens is 180 g/mol. The summed E-state index contributed by atoms with van der Waals surface area (Å²) in [6.45, 7) is 5.16. The van der Waals surface area contributed by atoms with Crippen molar-refractivity contribution < 1.29 is 14.6 Å². The highest BCUT2D eigenvalue weighted by atomic mass is 16.5. The third-order valence-electron chi connectivity index (χ3n) is 2.70. The van der Waals surface area contributed by atoms with Gasteiger partial charge in [0.15, 0.2) is 0 Å². The minimum absolute atomic E-state index is 0.0786. The quantitative estimate of drug-likeness (QED) is 0.607. The Morgan fingerprint density at radius 3 is 2.57 bits per heavy atom. The Hall–Kier alpha value is -0.120. The summed E-state index contributed by atoms with van der Waals surface area (Å²) >= 11 is 0. The van der Waals surface area contributed by atoms with E-state index in [0.29, 0.717) is 19.8 Å². The monoisotopic (exact) mass is 202 g/mol. The van der Waals surface area contributed by atoms with E-state index in [1.807, 2.05) is 0 Å². The molecule has 0 bridgehead atoms. The Kier molecular flexibility index (Phi) is 5.45. The number of ether oxygens (including phenoxy) is 2. The van der Waals surface area contributed by atoms with E-state index in [0.717, 1.165) is 13.0 Å². The van der Waals surface area contributed by atoms with Gasteiger partial charge in [0.1, 0.15) is 0 Å². The lowest BCUT2D eigenvalue weighted by Crippen LogP contribution is -2.49. The molecule has 14 heavy (non-hydrogen) atoms. The zero-order valence-electron chi connectivity index (χ0n) is 9.13. The lowest BCUT2D eigenvalue weighted by atomic mass is 9.88. The Morgan fingerprint density at radius 2 is 2.07 bits per heavy atom. The van der Waals surface area contributed by atoms with Gasteiger partial charge in [0.2, 0.25) is 0 Å². The first-order valence-corrected chi connectivity index (χ1v) is 5.59. The van der Waals surface area contributed by atoms with Crippen molar-refractivity contribution in [3.05, 3.63) is 0 Å². The van der Waals surface area contributed by atoms with Gasteiger partial charge in [0, 0.05) is 6.61 Å². The maximum atomic E-state index is 9.12. The molecule has 0 aromatic carbocycles. The van der Waals surface area contributed by atoms with Crippen LogP contribution in [0, 0.1) is 5.41 Å². The molecule has 0 unspecified atom stereocenters. The normalized spacial score (nSPS) is 19.3. The van der Waals surface area contributed by atoms with E-state index in [9.17, 15) is 0 Å². The van der Waals surface area contributed by atoms with Gasteiger partial charge in [-0.2, -0.15) is 0 Å². The molecule has 3 nitrogen and oxygen atoms in total. The summed E-state index contributed by atoms with van der Waals surface area (Å²) in [5.41, 5.74) is -0.0786. The van der Waals surface area contributed by atoms with Crippen LogP contribution in [0.15, 0.2) is 0 Å². The van der Waals surface area contributed by atoms with Crippen LogP contribution >= 0.6 is 0 Å². The molecular formula is C11H22O3. The summed E-state index contributed by atoms with van der Waals surface area (Å²) in [6, 6.07) is 0. The molecule has 0 amide bonds. The first-order chi connectivity index (χ1) is 6.83. The predicted molar refractivity (Wildman–Crippen MR) is 55.3 cm³/mol. The molecule has 0 aromatic rings. The first-order valence-electron chi connectivity index (χ1n) is 5.59. The molecule has 0 aliphatic carbocycles. The van der Waals surface area contributed by atoms with Crippen molar-refractivity contribution >= 4 is 0 Å². The molecule has 0 atom stereocenters. The number of aliphatic hydroxyl groups is 1. The molecule has 0 saturated carbocycles. The van der Waals surface area contributed by atoms with Crippen LogP contribution in [0.25, 0.3) is 0 Å². The SMILES string of the molecule is CCCCCCOCC1(CO)COC1. The van der Waals surface area contributed by atoms with Crippen LogP contribution < -0.4 is 0 Å². The molecule has 1 fully saturated rings. The van der Waals surface area contributed by atoms with Crippen LogP contribution in [0.4, 0.5) is 0 Å². The van der Waals surface area contributed by atoms with Gasteiger partial charge in [0.05, 0.1) is 31.8 Å². The fourth-order valence-electron chi connectivity index (χ4n) is 1.53. The van der Waals surface area contributed by atoms with E-state index in [4.69, 9.17) is 14.6 Å². The van der Waals surface area contributed by atoms with Crippen LogP contribution in [-0.2, 0) is 9.47 Å². The molecule has 0 radical (unpaired) electrons. The largest absolute Gasteiger partial charge is 0.396 e. The van der Waals surface area contributed by atoms with E-state index in [-0.39, 0.29) is 12.0 Å². The van der Waals surface area contributed by atoms with Crippen molar-refractivity contribution in [3.8, 4) is 0 Å². The van der Waals surface area contributed by atoms with Gasteiger partial charge in [-0.25, -0.2) is 0 Å². The lowest BCUT2D eigenvalue weighted by Gasteiger charge is -2.39. The van der Waals surface area contributed by atoms with E-state index < -0.39 is 0 Å². The summed E-state index contributed by atoms with van der Waals surface area (Å²) in [5, 5.41) is 9.12. The van der Waals surface area contributed by atoms with Gasteiger partial charge in [-0.1, -0.05) is 26.2 Å². The predicted octanol–water partition coefficient (Wildman–Crippen LogP) is 1.59. The number of hydrogen-bond acceptors (Lipinski definition) is 3. The van der Waals surface area contributed by atoms with E-state index in [1.54, 1.807) is 0 Å². The Bertz CT molecular complexity index is 138. The average molecular weight is 202 g/mol. The molecule has 1 rings (SSSR count). The topological polar surface area (TPSA) is 38.7 Å². The highest BCUT2D eigenvalue weighted by molar-refractivity contribution is 4.84. The molecule has 0 spiro atoms. The maximum absolute atomic E-state index is 9.12. The summed E-state index contributed by atoms with van der Waals surface area (Å²) in [5.74, 6) is 0. The molecule has 3 heteroatoms. The zero-order chi connectivity index (χ0) is 10.3. The van der Waals surface area contributed by atoms with Crippen molar-refractivity contribution in [2.24, 2.45) is 5.41 Å². The van der Waals surface area contributed by atoms with Crippen LogP contribution in [0.5, 0.6) is 0 Å². The third-order valence-corrected chi connectivity index (χ3v) is 2.70. The number of aliphatic hydroxyl groups excluding tert-OH is 1. The number of unbranched alkanes of at least 4 members (excludes halogenated alkanes) is 3. The van der Waals surface area contributed by atoms with Crippen LogP contribution in [-0.4, -0.2) is 38.1 Å². The molecule has 1 aliphatic heterocycles. The fraction of sp³-hybridized carbons (Fsp3) is 1.00. The van der Waals surface area contributed by atoms with Crippen molar-refractivity contribution in [1.29, 1.82) is 0 Å². The summed E-state index contributed by atoms with van der Waals surface area (Å²) in [6.07, 6.45) is 4.93. The van der Waals surface area contributed by atoms with Crippen molar-refractivity contribution in [1.82, 2.24) is 0 Å². The second-order valence-electron chi connectivity index (χ2n) is 4.26. The van der Waals surface area contributed by atoms with Crippen LogP contribution in [0.1, 0.15) is 32.6 Å². The lowest BCUT2D eigenvalue weighted by molar-refractivity contribution is -0.168. The molecule has 1 aliphatic rings. The average Bonchev–Trinajstić information content (AvgIpc) is 2.15. The van der Waals surface area contributed by atoms with E-state index in [2.05, 4.69) is 6.92 Å². The molecule has 1 saturated heterocycles. The van der Waals surface area contributed by atoms with Crippen molar-refractivity contribution in [2.45, 2.75) is 32.6 Å². The van der Waals surface area contributed by atoms with E-state index >= 15 is 0 Å².